The second kappa shape index (κ2) is 5.14. The van der Waals surface area contributed by atoms with Crippen molar-refractivity contribution >= 4 is 11.6 Å². The third kappa shape index (κ3) is 2.84. The Kier molecular flexibility index (Phi) is 3.57. The van der Waals surface area contributed by atoms with Gasteiger partial charge in [-0.2, -0.15) is 0 Å². The first-order chi connectivity index (χ1) is 8.56. The van der Waals surface area contributed by atoms with Gasteiger partial charge < -0.3 is 10.1 Å². The molecule has 1 heterocycles. The first-order valence-corrected chi connectivity index (χ1v) is 5.73. The monoisotopic (exact) mass is 250 g/mol. The van der Waals surface area contributed by atoms with Crippen LogP contribution in [0.15, 0.2) is 24.3 Å². The maximum Gasteiger partial charge on any atom is 0.316 e. The zero-order valence-corrected chi connectivity index (χ0v) is 9.96. The predicted octanol–water partition coefficient (Wildman–Crippen LogP) is 1.72. The number of hydrogen-bond donors (Lipinski definition) is 1. The van der Waals surface area contributed by atoms with E-state index in [1.165, 1.54) is 0 Å². The number of nitrogens with one attached hydrogen (secondary N) is 1. The highest BCUT2D eigenvalue weighted by Crippen LogP contribution is 2.21. The highest BCUT2D eigenvalue weighted by atomic mass is 16.7. The summed E-state index contributed by atoms with van der Waals surface area (Å²) in [5.41, 5.74) is 1.71. The number of carbonyl (C=O) groups is 1. The SMILES string of the molecule is Cc1cccc(NC(=O)C2CCC([N+](=O)[O-])O2)c1. The van der Waals surface area contributed by atoms with Crippen LogP contribution in [-0.4, -0.2) is 23.2 Å². The lowest BCUT2D eigenvalue weighted by Gasteiger charge is -2.10. The number of amides is 1. The average Bonchev–Trinajstić information content (AvgIpc) is 2.78. The van der Waals surface area contributed by atoms with E-state index in [4.69, 9.17) is 4.74 Å². The summed E-state index contributed by atoms with van der Waals surface area (Å²) in [4.78, 5) is 21.9. The molecular weight excluding hydrogens is 236 g/mol. The Morgan fingerprint density at radius 3 is 2.89 bits per heavy atom. The molecular formula is C12H14N2O4. The van der Waals surface area contributed by atoms with Crippen LogP contribution in [0.2, 0.25) is 0 Å². The molecule has 1 aliphatic heterocycles. The molecule has 1 fully saturated rings. The summed E-state index contributed by atoms with van der Waals surface area (Å²) < 4.78 is 5.08. The van der Waals surface area contributed by atoms with Gasteiger partial charge in [0.1, 0.15) is 6.10 Å². The number of rotatable bonds is 3. The molecule has 1 N–H and O–H groups in total. The molecule has 18 heavy (non-hydrogen) atoms. The maximum absolute atomic E-state index is 11.8. The summed E-state index contributed by atoms with van der Waals surface area (Å²) in [7, 11) is 0. The summed E-state index contributed by atoms with van der Waals surface area (Å²) in [6.45, 7) is 1.92. The van der Waals surface area contributed by atoms with E-state index >= 15 is 0 Å². The van der Waals surface area contributed by atoms with Gasteiger partial charge in [0.05, 0.1) is 4.92 Å². The number of hydrogen-bond acceptors (Lipinski definition) is 4. The van der Waals surface area contributed by atoms with Gasteiger partial charge in [-0.15, -0.1) is 0 Å². The number of carbonyl (C=O) groups excluding carboxylic acids is 1. The molecule has 0 aliphatic carbocycles. The van der Waals surface area contributed by atoms with Crippen LogP contribution in [0.1, 0.15) is 18.4 Å². The lowest BCUT2D eigenvalue weighted by atomic mass is 10.2. The van der Waals surface area contributed by atoms with Crippen molar-refractivity contribution in [2.75, 3.05) is 5.32 Å². The van der Waals surface area contributed by atoms with Gasteiger partial charge in [-0.05, 0) is 31.0 Å². The van der Waals surface area contributed by atoms with Crippen molar-refractivity contribution in [3.63, 3.8) is 0 Å². The predicted molar refractivity (Wildman–Crippen MR) is 64.7 cm³/mol. The van der Waals surface area contributed by atoms with Gasteiger partial charge in [-0.1, -0.05) is 12.1 Å². The van der Waals surface area contributed by atoms with Crippen molar-refractivity contribution in [1.82, 2.24) is 0 Å². The third-order valence-corrected chi connectivity index (χ3v) is 2.81. The Bertz CT molecular complexity index is 475. The summed E-state index contributed by atoms with van der Waals surface area (Å²) in [6.07, 6.45) is -1.14. The van der Waals surface area contributed by atoms with Crippen LogP contribution < -0.4 is 5.32 Å². The molecule has 1 aromatic carbocycles. The Morgan fingerprint density at radius 2 is 2.28 bits per heavy atom. The quantitative estimate of drug-likeness (QED) is 0.654. The molecule has 6 heteroatoms. The van der Waals surface area contributed by atoms with Gasteiger partial charge in [-0.25, -0.2) is 0 Å². The van der Waals surface area contributed by atoms with Gasteiger partial charge in [-0.3, -0.25) is 14.9 Å². The molecule has 0 aromatic heterocycles. The summed E-state index contributed by atoms with van der Waals surface area (Å²) in [5, 5.41) is 13.2. The second-order valence-corrected chi connectivity index (χ2v) is 4.30. The van der Waals surface area contributed by atoms with E-state index in [-0.39, 0.29) is 12.3 Å². The van der Waals surface area contributed by atoms with Gasteiger partial charge in [0.15, 0.2) is 0 Å². The molecule has 1 aliphatic rings. The molecule has 1 aromatic rings. The van der Waals surface area contributed by atoms with Gasteiger partial charge in [0.25, 0.3) is 5.91 Å². The van der Waals surface area contributed by atoms with E-state index in [0.717, 1.165) is 5.56 Å². The molecule has 0 spiro atoms. The van der Waals surface area contributed by atoms with Crippen molar-refractivity contribution < 1.29 is 14.5 Å². The van der Waals surface area contributed by atoms with Crippen LogP contribution >= 0.6 is 0 Å². The molecule has 2 unspecified atom stereocenters. The highest BCUT2D eigenvalue weighted by Gasteiger charge is 2.37. The summed E-state index contributed by atoms with van der Waals surface area (Å²) in [5.74, 6) is -0.329. The molecule has 2 rings (SSSR count). The van der Waals surface area contributed by atoms with E-state index in [1.54, 1.807) is 6.07 Å². The largest absolute Gasteiger partial charge is 0.324 e. The lowest BCUT2D eigenvalue weighted by molar-refractivity contribution is -0.570. The summed E-state index contributed by atoms with van der Waals surface area (Å²) >= 11 is 0. The van der Waals surface area contributed by atoms with Crippen molar-refractivity contribution in [3.05, 3.63) is 39.9 Å². The second-order valence-electron chi connectivity index (χ2n) is 4.30. The first kappa shape index (κ1) is 12.5. The van der Waals surface area contributed by atoms with Crippen LogP contribution in [0.25, 0.3) is 0 Å². The minimum Gasteiger partial charge on any atom is -0.324 e. The van der Waals surface area contributed by atoms with Gasteiger partial charge >= 0.3 is 6.23 Å². The Morgan fingerprint density at radius 1 is 1.50 bits per heavy atom. The first-order valence-electron chi connectivity index (χ1n) is 5.73. The van der Waals surface area contributed by atoms with E-state index < -0.39 is 17.3 Å². The van der Waals surface area contributed by atoms with Crippen molar-refractivity contribution in [3.8, 4) is 0 Å². The average molecular weight is 250 g/mol. The van der Waals surface area contributed by atoms with E-state index in [0.29, 0.717) is 12.1 Å². The van der Waals surface area contributed by atoms with Gasteiger partial charge in [0.2, 0.25) is 0 Å². The Labute approximate surface area is 104 Å². The molecule has 2 atom stereocenters. The number of aryl methyl sites for hydroxylation is 1. The van der Waals surface area contributed by atoms with Crippen molar-refractivity contribution in [1.29, 1.82) is 0 Å². The molecule has 96 valence electrons. The van der Waals surface area contributed by atoms with E-state index in [1.807, 2.05) is 25.1 Å². The number of nitro groups is 1. The zero-order chi connectivity index (χ0) is 13.1. The smallest absolute Gasteiger partial charge is 0.316 e. The van der Waals surface area contributed by atoms with Crippen LogP contribution in [0, 0.1) is 17.0 Å². The highest BCUT2D eigenvalue weighted by molar-refractivity contribution is 5.94. The zero-order valence-electron chi connectivity index (χ0n) is 9.96. The Hall–Kier alpha value is -1.95. The fraction of sp³-hybridized carbons (Fsp3) is 0.417. The van der Waals surface area contributed by atoms with Crippen LogP contribution in [0.3, 0.4) is 0 Å². The van der Waals surface area contributed by atoms with Crippen LogP contribution in [-0.2, 0) is 9.53 Å². The molecule has 0 bridgehead atoms. The number of ether oxygens (including phenoxy) is 1. The maximum atomic E-state index is 11.8. The Balaban J connectivity index is 1.95. The fourth-order valence-electron chi connectivity index (χ4n) is 1.91. The topological polar surface area (TPSA) is 81.5 Å². The van der Waals surface area contributed by atoms with Gasteiger partial charge in [0, 0.05) is 12.1 Å². The molecule has 6 nitrogen and oxygen atoms in total. The third-order valence-electron chi connectivity index (χ3n) is 2.81. The minimum absolute atomic E-state index is 0.277. The van der Waals surface area contributed by atoms with Crippen molar-refractivity contribution in [2.45, 2.75) is 32.1 Å². The van der Waals surface area contributed by atoms with E-state index in [9.17, 15) is 14.9 Å². The molecule has 1 amide bonds. The van der Waals surface area contributed by atoms with E-state index in [2.05, 4.69) is 5.32 Å². The number of nitrogens with zero attached hydrogens (tertiary/aromatic N) is 1. The van der Waals surface area contributed by atoms with Crippen molar-refractivity contribution in [2.24, 2.45) is 0 Å². The number of anilines is 1. The molecule has 1 saturated heterocycles. The molecule has 0 radical (unpaired) electrons. The fourth-order valence-corrected chi connectivity index (χ4v) is 1.91. The normalized spacial score (nSPS) is 22.7. The molecule has 0 saturated carbocycles. The van der Waals surface area contributed by atoms with Crippen LogP contribution in [0.4, 0.5) is 5.69 Å². The lowest BCUT2D eigenvalue weighted by Crippen LogP contribution is -2.29. The standard InChI is InChI=1S/C12H14N2O4/c1-8-3-2-4-9(7-8)13-12(15)10-5-6-11(18-10)14(16)17/h2-4,7,10-11H,5-6H2,1H3,(H,13,15). The number of benzene rings is 1. The minimum atomic E-state index is -1.06. The van der Waals surface area contributed by atoms with Crippen LogP contribution in [0.5, 0.6) is 0 Å². The summed E-state index contributed by atoms with van der Waals surface area (Å²) in [6, 6.07) is 7.35.